The van der Waals surface area contributed by atoms with E-state index in [2.05, 4.69) is 10.6 Å². The zero-order chi connectivity index (χ0) is 12.3. The Labute approximate surface area is 107 Å². The van der Waals surface area contributed by atoms with Crippen LogP contribution in [0.4, 0.5) is 0 Å². The molecule has 0 aliphatic carbocycles. The molecular formula is C13H17ClN2O. The Morgan fingerprint density at radius 2 is 2.12 bits per heavy atom. The second-order valence-corrected chi connectivity index (χ2v) is 5.03. The number of carbonyl (C=O) groups excluding carboxylic acids is 1. The molecule has 4 heteroatoms. The molecule has 1 saturated heterocycles. The lowest BCUT2D eigenvalue weighted by atomic mass is 10.0. The average molecular weight is 253 g/mol. The first-order chi connectivity index (χ1) is 8.15. The largest absolute Gasteiger partial charge is 0.353 e. The number of carbonyl (C=O) groups is 1. The molecule has 1 atom stereocenters. The summed E-state index contributed by atoms with van der Waals surface area (Å²) in [6, 6.07) is 7.90. The quantitative estimate of drug-likeness (QED) is 0.855. The highest BCUT2D eigenvalue weighted by molar-refractivity contribution is 6.30. The van der Waals surface area contributed by atoms with Crippen molar-refractivity contribution in [3.05, 3.63) is 34.9 Å². The molecule has 1 amide bonds. The van der Waals surface area contributed by atoms with Gasteiger partial charge >= 0.3 is 0 Å². The van der Waals surface area contributed by atoms with E-state index in [1.165, 1.54) is 5.56 Å². The third-order valence-electron chi connectivity index (χ3n) is 3.00. The molecule has 1 aliphatic rings. The van der Waals surface area contributed by atoms with E-state index in [0.717, 1.165) is 24.5 Å². The predicted octanol–water partition coefficient (Wildman–Crippen LogP) is 1.61. The topological polar surface area (TPSA) is 41.1 Å². The summed E-state index contributed by atoms with van der Waals surface area (Å²) in [5.74, 6) is 0.313. The monoisotopic (exact) mass is 252 g/mol. The van der Waals surface area contributed by atoms with E-state index in [0.29, 0.717) is 0 Å². The fourth-order valence-corrected chi connectivity index (χ4v) is 1.99. The van der Waals surface area contributed by atoms with E-state index in [1.807, 2.05) is 31.2 Å². The average Bonchev–Trinajstić information content (AvgIpc) is 2.18. The number of hydrogen-bond donors (Lipinski definition) is 2. The Morgan fingerprint density at radius 3 is 2.65 bits per heavy atom. The molecule has 0 aromatic heterocycles. The van der Waals surface area contributed by atoms with Crippen LogP contribution < -0.4 is 10.6 Å². The molecule has 0 radical (unpaired) electrons. The van der Waals surface area contributed by atoms with Crippen molar-refractivity contribution in [2.45, 2.75) is 19.4 Å². The first kappa shape index (κ1) is 12.4. The van der Waals surface area contributed by atoms with Gasteiger partial charge in [-0.2, -0.15) is 0 Å². The maximum Gasteiger partial charge on any atom is 0.225 e. The zero-order valence-electron chi connectivity index (χ0n) is 9.87. The second kappa shape index (κ2) is 5.52. The first-order valence-corrected chi connectivity index (χ1v) is 6.28. The molecule has 17 heavy (non-hydrogen) atoms. The van der Waals surface area contributed by atoms with Crippen LogP contribution in [-0.4, -0.2) is 25.0 Å². The Kier molecular flexibility index (Phi) is 4.02. The van der Waals surface area contributed by atoms with Gasteiger partial charge in [0, 0.05) is 24.2 Å². The minimum absolute atomic E-state index is 0.155. The van der Waals surface area contributed by atoms with Crippen LogP contribution in [0.5, 0.6) is 0 Å². The van der Waals surface area contributed by atoms with E-state index in [1.54, 1.807) is 0 Å². The summed E-state index contributed by atoms with van der Waals surface area (Å²) in [4.78, 5) is 11.7. The molecule has 1 aromatic carbocycles. The summed E-state index contributed by atoms with van der Waals surface area (Å²) in [6.07, 6.45) is 0.836. The van der Waals surface area contributed by atoms with Gasteiger partial charge in [-0.1, -0.05) is 23.7 Å². The minimum atomic E-state index is 0.155. The number of halogens is 1. The molecule has 0 saturated carbocycles. The van der Waals surface area contributed by atoms with Gasteiger partial charge in [-0.25, -0.2) is 0 Å². The molecule has 1 heterocycles. The van der Waals surface area contributed by atoms with Crippen molar-refractivity contribution < 1.29 is 4.79 Å². The first-order valence-electron chi connectivity index (χ1n) is 5.90. The molecule has 1 fully saturated rings. The van der Waals surface area contributed by atoms with Crippen molar-refractivity contribution in [3.8, 4) is 0 Å². The zero-order valence-corrected chi connectivity index (χ0v) is 10.6. The van der Waals surface area contributed by atoms with E-state index < -0.39 is 0 Å². The van der Waals surface area contributed by atoms with Crippen molar-refractivity contribution in [1.82, 2.24) is 10.6 Å². The highest BCUT2D eigenvalue weighted by Gasteiger charge is 2.25. The van der Waals surface area contributed by atoms with E-state index >= 15 is 0 Å². The van der Waals surface area contributed by atoms with Crippen LogP contribution >= 0.6 is 11.6 Å². The number of nitrogens with one attached hydrogen (secondary N) is 2. The van der Waals surface area contributed by atoms with Gasteiger partial charge in [0.25, 0.3) is 0 Å². The minimum Gasteiger partial charge on any atom is -0.353 e. The fraction of sp³-hybridized carbons (Fsp3) is 0.462. The van der Waals surface area contributed by atoms with Gasteiger partial charge < -0.3 is 10.6 Å². The molecule has 1 unspecified atom stereocenters. The molecule has 1 aromatic rings. The Balaban J connectivity index is 1.81. The number of amides is 1. The summed E-state index contributed by atoms with van der Waals surface area (Å²) in [7, 11) is 0. The van der Waals surface area contributed by atoms with E-state index in [4.69, 9.17) is 11.6 Å². The van der Waals surface area contributed by atoms with Crippen molar-refractivity contribution in [2.75, 3.05) is 13.1 Å². The second-order valence-electron chi connectivity index (χ2n) is 4.60. The molecular weight excluding hydrogens is 236 g/mol. The third kappa shape index (κ3) is 3.45. The van der Waals surface area contributed by atoms with Crippen LogP contribution in [0, 0.1) is 5.92 Å². The smallest absolute Gasteiger partial charge is 0.225 e. The van der Waals surface area contributed by atoms with Gasteiger partial charge in [0.1, 0.15) is 0 Å². The van der Waals surface area contributed by atoms with Gasteiger partial charge in [0.05, 0.1) is 5.92 Å². The summed E-state index contributed by atoms with van der Waals surface area (Å²) >= 11 is 5.82. The number of rotatable bonds is 4. The highest BCUT2D eigenvalue weighted by atomic mass is 35.5. The molecule has 92 valence electrons. The lowest BCUT2D eigenvalue weighted by Gasteiger charge is -2.27. The highest BCUT2D eigenvalue weighted by Crippen LogP contribution is 2.11. The van der Waals surface area contributed by atoms with E-state index in [9.17, 15) is 4.79 Å². The summed E-state index contributed by atoms with van der Waals surface area (Å²) in [5.41, 5.74) is 1.19. The molecule has 2 N–H and O–H groups in total. The number of hydrogen-bond acceptors (Lipinski definition) is 2. The van der Waals surface area contributed by atoms with Gasteiger partial charge in [-0.05, 0) is 31.0 Å². The number of benzene rings is 1. The van der Waals surface area contributed by atoms with Gasteiger partial charge in [0.2, 0.25) is 5.91 Å². The van der Waals surface area contributed by atoms with Crippen molar-refractivity contribution in [1.29, 1.82) is 0 Å². The lowest BCUT2D eigenvalue weighted by molar-refractivity contribution is -0.127. The van der Waals surface area contributed by atoms with Crippen molar-refractivity contribution in [2.24, 2.45) is 5.92 Å². The third-order valence-corrected chi connectivity index (χ3v) is 3.25. The molecule has 0 spiro atoms. The maximum atomic E-state index is 11.7. The molecule has 1 aliphatic heterocycles. The fourth-order valence-electron chi connectivity index (χ4n) is 1.86. The van der Waals surface area contributed by atoms with Crippen LogP contribution in [0.2, 0.25) is 5.02 Å². The lowest BCUT2D eigenvalue weighted by Crippen LogP contribution is -2.52. The Bertz CT molecular complexity index is 387. The van der Waals surface area contributed by atoms with Gasteiger partial charge in [-0.3, -0.25) is 4.79 Å². The standard InChI is InChI=1S/C13H17ClN2O/c1-9(16-13(17)11-7-15-8-11)6-10-2-4-12(14)5-3-10/h2-5,9,11,15H,6-8H2,1H3,(H,16,17). The van der Waals surface area contributed by atoms with Crippen LogP contribution in [0.25, 0.3) is 0 Å². The molecule has 0 bridgehead atoms. The summed E-state index contributed by atoms with van der Waals surface area (Å²) < 4.78 is 0. The Hall–Kier alpha value is -1.06. The van der Waals surface area contributed by atoms with Gasteiger partial charge in [0.15, 0.2) is 0 Å². The summed E-state index contributed by atoms with van der Waals surface area (Å²) in [5, 5.41) is 6.87. The SMILES string of the molecule is CC(Cc1ccc(Cl)cc1)NC(=O)C1CNC1. The van der Waals surface area contributed by atoms with Crippen LogP contribution in [0.3, 0.4) is 0 Å². The van der Waals surface area contributed by atoms with E-state index in [-0.39, 0.29) is 17.9 Å². The van der Waals surface area contributed by atoms with Crippen LogP contribution in [0.1, 0.15) is 12.5 Å². The summed E-state index contributed by atoms with van der Waals surface area (Å²) in [6.45, 7) is 3.64. The predicted molar refractivity (Wildman–Crippen MR) is 69.1 cm³/mol. The maximum absolute atomic E-state index is 11.7. The van der Waals surface area contributed by atoms with Crippen LogP contribution in [-0.2, 0) is 11.2 Å². The Morgan fingerprint density at radius 1 is 1.47 bits per heavy atom. The van der Waals surface area contributed by atoms with Crippen LogP contribution in [0.15, 0.2) is 24.3 Å². The normalized spacial score (nSPS) is 17.3. The molecule has 2 rings (SSSR count). The van der Waals surface area contributed by atoms with Gasteiger partial charge in [-0.15, -0.1) is 0 Å². The van der Waals surface area contributed by atoms with Crippen molar-refractivity contribution in [3.63, 3.8) is 0 Å². The van der Waals surface area contributed by atoms with Crippen molar-refractivity contribution >= 4 is 17.5 Å². The molecule has 3 nitrogen and oxygen atoms in total.